The summed E-state index contributed by atoms with van der Waals surface area (Å²) in [6, 6.07) is 13.7. The molecule has 2 nitrogen and oxygen atoms in total. The van der Waals surface area contributed by atoms with Gasteiger partial charge in [-0.3, -0.25) is 0 Å². The van der Waals surface area contributed by atoms with E-state index in [1.54, 1.807) is 7.11 Å². The van der Waals surface area contributed by atoms with E-state index in [2.05, 4.69) is 36.5 Å². The molecule has 2 aromatic carbocycles. The van der Waals surface area contributed by atoms with Crippen LogP contribution in [0.2, 0.25) is 0 Å². The summed E-state index contributed by atoms with van der Waals surface area (Å²) in [6.07, 6.45) is 2.45. The number of fused-ring (bicyclic) bond motifs is 1. The fraction of sp³-hybridized carbons (Fsp3) is 0.412. The maximum atomic E-state index is 5.48. The van der Waals surface area contributed by atoms with Crippen LogP contribution >= 0.6 is 0 Å². The zero-order chi connectivity index (χ0) is 13.2. The van der Waals surface area contributed by atoms with Gasteiger partial charge in [-0.2, -0.15) is 0 Å². The summed E-state index contributed by atoms with van der Waals surface area (Å²) in [7, 11) is 1.74. The van der Waals surface area contributed by atoms with Crippen molar-refractivity contribution >= 4 is 10.8 Å². The van der Waals surface area contributed by atoms with E-state index in [-0.39, 0.29) is 0 Å². The molecule has 0 aliphatic carbocycles. The molecule has 2 heteroatoms. The highest BCUT2D eigenvalue weighted by Gasteiger charge is 2.20. The van der Waals surface area contributed by atoms with Crippen LogP contribution in [0.15, 0.2) is 36.4 Å². The topological polar surface area (TPSA) is 21.3 Å². The lowest BCUT2D eigenvalue weighted by Gasteiger charge is -2.28. The van der Waals surface area contributed by atoms with E-state index >= 15 is 0 Å². The minimum Gasteiger partial charge on any atom is -0.496 e. The van der Waals surface area contributed by atoms with Crippen molar-refractivity contribution in [2.75, 3.05) is 13.7 Å². The molecule has 0 spiro atoms. The summed E-state index contributed by atoms with van der Waals surface area (Å²) in [5.41, 5.74) is 1.45. The minimum absolute atomic E-state index is 0.618. The van der Waals surface area contributed by atoms with Gasteiger partial charge in [0, 0.05) is 11.4 Å². The largest absolute Gasteiger partial charge is 0.496 e. The Hall–Kier alpha value is -1.54. The normalized spacial score (nSPS) is 23.5. The van der Waals surface area contributed by atoms with Gasteiger partial charge in [-0.25, -0.2) is 0 Å². The highest BCUT2D eigenvalue weighted by Crippen LogP contribution is 2.33. The molecule has 1 saturated heterocycles. The second-order valence-corrected chi connectivity index (χ2v) is 5.52. The molecule has 1 N–H and O–H groups in total. The molecular formula is C17H21NO. The van der Waals surface area contributed by atoms with E-state index in [4.69, 9.17) is 4.74 Å². The van der Waals surface area contributed by atoms with Gasteiger partial charge in [0.2, 0.25) is 0 Å². The molecule has 2 aromatic rings. The first-order valence-electron chi connectivity index (χ1n) is 7.08. The fourth-order valence-electron chi connectivity index (χ4n) is 3.13. The van der Waals surface area contributed by atoms with Crippen LogP contribution in [0, 0.1) is 0 Å². The average molecular weight is 255 g/mol. The molecule has 2 unspecified atom stereocenters. The minimum atomic E-state index is 0.618. The lowest BCUT2D eigenvalue weighted by atomic mass is 9.86. The second-order valence-electron chi connectivity index (χ2n) is 5.52. The number of hydrogen-bond donors (Lipinski definition) is 1. The van der Waals surface area contributed by atoms with Crippen molar-refractivity contribution in [3.63, 3.8) is 0 Å². The summed E-state index contributed by atoms with van der Waals surface area (Å²) in [6.45, 7) is 3.39. The summed E-state index contributed by atoms with van der Waals surface area (Å²) >= 11 is 0. The third-order valence-electron chi connectivity index (χ3n) is 4.18. The predicted molar refractivity (Wildman–Crippen MR) is 79.9 cm³/mol. The van der Waals surface area contributed by atoms with Crippen LogP contribution in [-0.2, 0) is 0 Å². The third-order valence-corrected chi connectivity index (χ3v) is 4.18. The predicted octanol–water partition coefficient (Wildman–Crippen LogP) is 3.70. The van der Waals surface area contributed by atoms with Gasteiger partial charge in [-0.15, -0.1) is 0 Å². The molecular weight excluding hydrogens is 234 g/mol. The summed E-state index contributed by atoms with van der Waals surface area (Å²) in [5, 5.41) is 6.00. The number of hydrogen-bond acceptors (Lipinski definition) is 2. The Morgan fingerprint density at radius 2 is 2.11 bits per heavy atom. The number of piperidine rings is 1. The number of methoxy groups -OCH3 is 1. The number of ether oxygens (including phenoxy) is 1. The van der Waals surface area contributed by atoms with Gasteiger partial charge in [-0.1, -0.05) is 24.3 Å². The van der Waals surface area contributed by atoms with E-state index in [1.807, 2.05) is 12.1 Å². The maximum Gasteiger partial charge on any atom is 0.126 e. The van der Waals surface area contributed by atoms with Crippen molar-refractivity contribution in [2.45, 2.75) is 31.7 Å². The van der Waals surface area contributed by atoms with Gasteiger partial charge >= 0.3 is 0 Å². The monoisotopic (exact) mass is 255 g/mol. The maximum absolute atomic E-state index is 5.48. The van der Waals surface area contributed by atoms with Crippen LogP contribution in [0.25, 0.3) is 10.8 Å². The Morgan fingerprint density at radius 3 is 2.89 bits per heavy atom. The van der Waals surface area contributed by atoms with Crippen molar-refractivity contribution in [2.24, 2.45) is 0 Å². The highest BCUT2D eigenvalue weighted by atomic mass is 16.5. The number of nitrogens with one attached hydrogen (secondary N) is 1. The molecule has 1 heterocycles. The van der Waals surface area contributed by atoms with E-state index < -0.39 is 0 Å². The van der Waals surface area contributed by atoms with Gasteiger partial charge in [0.15, 0.2) is 0 Å². The molecule has 0 amide bonds. The fourth-order valence-corrected chi connectivity index (χ4v) is 3.13. The Morgan fingerprint density at radius 1 is 1.21 bits per heavy atom. The highest BCUT2D eigenvalue weighted by molar-refractivity contribution is 5.89. The first-order valence-corrected chi connectivity index (χ1v) is 7.08. The standard InChI is InChI=1S/C17H21NO/c1-12-10-15(8-9-18-12)14-7-6-13-4-3-5-17(19-2)16(13)11-14/h3-7,11-12,15,18H,8-10H2,1-2H3. The van der Waals surface area contributed by atoms with E-state index in [1.165, 1.54) is 29.2 Å². The Bertz CT molecular complexity index is 578. The van der Waals surface area contributed by atoms with E-state index in [9.17, 15) is 0 Å². The molecule has 1 fully saturated rings. The van der Waals surface area contributed by atoms with Crippen LogP contribution in [0.3, 0.4) is 0 Å². The number of rotatable bonds is 2. The van der Waals surface area contributed by atoms with Crippen molar-refractivity contribution < 1.29 is 4.74 Å². The summed E-state index contributed by atoms with van der Waals surface area (Å²) in [4.78, 5) is 0. The lowest BCUT2D eigenvalue weighted by molar-refractivity contribution is 0.381. The molecule has 0 aromatic heterocycles. The Kier molecular flexibility index (Phi) is 3.43. The number of benzene rings is 2. The average Bonchev–Trinajstić information content (AvgIpc) is 2.46. The van der Waals surface area contributed by atoms with Crippen molar-refractivity contribution in [3.05, 3.63) is 42.0 Å². The molecule has 0 radical (unpaired) electrons. The molecule has 19 heavy (non-hydrogen) atoms. The summed E-state index contributed by atoms with van der Waals surface area (Å²) in [5.74, 6) is 1.65. The van der Waals surface area contributed by atoms with Crippen LogP contribution in [0.1, 0.15) is 31.2 Å². The smallest absolute Gasteiger partial charge is 0.126 e. The van der Waals surface area contributed by atoms with Gasteiger partial charge in [-0.05, 0) is 55.3 Å². The van der Waals surface area contributed by atoms with Crippen molar-refractivity contribution in [3.8, 4) is 5.75 Å². The molecule has 0 bridgehead atoms. The summed E-state index contributed by atoms with van der Waals surface area (Å²) < 4.78 is 5.48. The van der Waals surface area contributed by atoms with E-state index in [0.717, 1.165) is 12.3 Å². The van der Waals surface area contributed by atoms with Crippen LogP contribution in [0.5, 0.6) is 5.75 Å². The molecule has 2 atom stereocenters. The molecule has 1 aliphatic rings. The SMILES string of the molecule is COc1cccc2ccc(C3CCNC(C)C3)cc12. The van der Waals surface area contributed by atoms with Crippen LogP contribution in [-0.4, -0.2) is 19.7 Å². The molecule has 1 aliphatic heterocycles. The quantitative estimate of drug-likeness (QED) is 0.883. The Labute approximate surface area is 114 Å². The first-order chi connectivity index (χ1) is 9.28. The van der Waals surface area contributed by atoms with Crippen LogP contribution in [0.4, 0.5) is 0 Å². The molecule has 3 rings (SSSR count). The molecule has 100 valence electrons. The lowest BCUT2D eigenvalue weighted by Crippen LogP contribution is -2.34. The van der Waals surface area contributed by atoms with Crippen molar-refractivity contribution in [1.29, 1.82) is 0 Å². The third kappa shape index (κ3) is 2.45. The first kappa shape index (κ1) is 12.5. The second kappa shape index (κ2) is 5.22. The van der Waals surface area contributed by atoms with Crippen LogP contribution < -0.4 is 10.1 Å². The van der Waals surface area contributed by atoms with Gasteiger partial charge in [0.05, 0.1) is 7.11 Å². The van der Waals surface area contributed by atoms with Crippen molar-refractivity contribution in [1.82, 2.24) is 5.32 Å². The van der Waals surface area contributed by atoms with E-state index in [0.29, 0.717) is 12.0 Å². The zero-order valence-corrected chi connectivity index (χ0v) is 11.6. The van der Waals surface area contributed by atoms with Gasteiger partial charge < -0.3 is 10.1 Å². The molecule has 0 saturated carbocycles. The zero-order valence-electron chi connectivity index (χ0n) is 11.6. The van der Waals surface area contributed by atoms with Gasteiger partial charge in [0.25, 0.3) is 0 Å². The van der Waals surface area contributed by atoms with Gasteiger partial charge in [0.1, 0.15) is 5.75 Å². The Balaban J connectivity index is 2.00.